The fourth-order valence-electron chi connectivity index (χ4n) is 1.93. The van der Waals surface area contributed by atoms with Gasteiger partial charge in [-0.05, 0) is 36.4 Å². The van der Waals surface area contributed by atoms with Gasteiger partial charge in [0, 0.05) is 11.1 Å². The van der Waals surface area contributed by atoms with Gasteiger partial charge in [-0.3, -0.25) is 0 Å². The molecule has 2 N–H and O–H groups in total. The first-order valence-corrected chi connectivity index (χ1v) is 7.73. The minimum Gasteiger partial charge on any atom is -0.436 e. The van der Waals surface area contributed by atoms with Gasteiger partial charge in [0.05, 0.1) is 11.1 Å². The van der Waals surface area contributed by atoms with E-state index in [-0.39, 0.29) is 4.90 Å². The minimum atomic E-state index is -3.69. The first kappa shape index (κ1) is 13.5. The summed E-state index contributed by atoms with van der Waals surface area (Å²) in [5.41, 5.74) is 1.61. The lowest BCUT2D eigenvalue weighted by Gasteiger charge is -2.00. The van der Waals surface area contributed by atoms with Crippen LogP contribution >= 0.6 is 0 Å². The summed E-state index contributed by atoms with van der Waals surface area (Å²) in [6.07, 6.45) is 1.61. The molecule has 1 heterocycles. The van der Waals surface area contributed by atoms with Crippen LogP contribution in [0.25, 0.3) is 22.8 Å². The van der Waals surface area contributed by atoms with Crippen LogP contribution in [0, 0.1) is 0 Å². The Hall–Kier alpha value is -2.44. The van der Waals surface area contributed by atoms with Gasteiger partial charge in [-0.2, -0.15) is 0 Å². The van der Waals surface area contributed by atoms with Gasteiger partial charge in [-0.25, -0.2) is 18.5 Å². The zero-order chi connectivity index (χ0) is 14.9. The lowest BCUT2D eigenvalue weighted by molar-refractivity contribution is 0.588. The predicted molar refractivity (Wildman–Crippen MR) is 78.7 cm³/mol. The molecular weight excluding hydrogens is 288 g/mol. The highest BCUT2D eigenvalue weighted by molar-refractivity contribution is 7.89. The number of sulfonamides is 1. The Kier molecular flexibility index (Phi) is 3.32. The first-order valence-electron chi connectivity index (χ1n) is 6.18. The predicted octanol–water partition coefficient (Wildman–Crippen LogP) is 2.66. The summed E-state index contributed by atoms with van der Waals surface area (Å²) in [7, 11) is -3.69. The molecule has 3 rings (SSSR count). The van der Waals surface area contributed by atoms with Gasteiger partial charge in [-0.1, -0.05) is 18.2 Å². The molecule has 106 valence electrons. The molecule has 0 aliphatic carbocycles. The highest BCUT2D eigenvalue weighted by Crippen LogP contribution is 2.26. The van der Waals surface area contributed by atoms with Gasteiger partial charge >= 0.3 is 0 Å². The van der Waals surface area contributed by atoms with Crippen LogP contribution in [0.15, 0.2) is 70.1 Å². The third-order valence-corrected chi connectivity index (χ3v) is 3.92. The SMILES string of the molecule is NS(=O)(=O)c1ccc(-c2cnc(-c3ccccc3)o2)cc1. The molecule has 0 fully saturated rings. The topological polar surface area (TPSA) is 86.2 Å². The summed E-state index contributed by atoms with van der Waals surface area (Å²) in [5, 5.41) is 5.06. The molecule has 5 nitrogen and oxygen atoms in total. The molecule has 0 unspecified atom stereocenters. The Morgan fingerprint density at radius 1 is 0.905 bits per heavy atom. The van der Waals surface area contributed by atoms with Crippen molar-refractivity contribution in [1.29, 1.82) is 0 Å². The lowest BCUT2D eigenvalue weighted by atomic mass is 10.2. The normalized spacial score (nSPS) is 11.5. The molecule has 2 aromatic carbocycles. The second-order valence-electron chi connectivity index (χ2n) is 4.47. The van der Waals surface area contributed by atoms with Crippen molar-refractivity contribution in [2.75, 3.05) is 0 Å². The summed E-state index contributed by atoms with van der Waals surface area (Å²) < 4.78 is 28.1. The second kappa shape index (κ2) is 5.16. The van der Waals surface area contributed by atoms with Gasteiger partial charge in [-0.15, -0.1) is 0 Å². The number of benzene rings is 2. The first-order chi connectivity index (χ1) is 10.0. The van der Waals surface area contributed by atoms with Crippen LogP contribution in [0.1, 0.15) is 0 Å². The molecule has 0 saturated carbocycles. The van der Waals surface area contributed by atoms with Crippen LogP contribution in [0.4, 0.5) is 0 Å². The summed E-state index contributed by atoms with van der Waals surface area (Å²) in [6, 6.07) is 15.7. The summed E-state index contributed by atoms with van der Waals surface area (Å²) >= 11 is 0. The van der Waals surface area contributed by atoms with E-state index in [1.807, 2.05) is 30.3 Å². The van der Waals surface area contributed by atoms with Gasteiger partial charge in [0.15, 0.2) is 5.76 Å². The number of nitrogens with two attached hydrogens (primary N) is 1. The molecule has 6 heteroatoms. The van der Waals surface area contributed by atoms with E-state index in [1.54, 1.807) is 18.3 Å². The van der Waals surface area contributed by atoms with Crippen LogP contribution in [-0.4, -0.2) is 13.4 Å². The number of aromatic nitrogens is 1. The van der Waals surface area contributed by atoms with E-state index >= 15 is 0 Å². The number of primary sulfonamides is 1. The fraction of sp³-hybridized carbons (Fsp3) is 0. The number of hydrogen-bond acceptors (Lipinski definition) is 4. The molecule has 0 spiro atoms. The zero-order valence-electron chi connectivity index (χ0n) is 10.9. The maximum atomic E-state index is 11.2. The van der Waals surface area contributed by atoms with Crippen molar-refractivity contribution in [3.63, 3.8) is 0 Å². The Labute approximate surface area is 122 Å². The van der Waals surface area contributed by atoms with Gasteiger partial charge in [0.2, 0.25) is 15.9 Å². The summed E-state index contributed by atoms with van der Waals surface area (Å²) in [5.74, 6) is 1.08. The van der Waals surface area contributed by atoms with E-state index in [0.717, 1.165) is 11.1 Å². The van der Waals surface area contributed by atoms with Crippen molar-refractivity contribution in [2.24, 2.45) is 5.14 Å². The Balaban J connectivity index is 1.94. The Morgan fingerprint density at radius 2 is 1.57 bits per heavy atom. The monoisotopic (exact) mass is 300 g/mol. The maximum Gasteiger partial charge on any atom is 0.238 e. The van der Waals surface area contributed by atoms with E-state index in [1.165, 1.54) is 12.1 Å². The molecule has 0 amide bonds. The Morgan fingerprint density at radius 3 is 2.19 bits per heavy atom. The van der Waals surface area contributed by atoms with Gasteiger partial charge in [0.25, 0.3) is 0 Å². The van der Waals surface area contributed by atoms with E-state index < -0.39 is 10.0 Å². The molecule has 0 atom stereocenters. The quantitative estimate of drug-likeness (QED) is 0.805. The second-order valence-corrected chi connectivity index (χ2v) is 6.03. The maximum absolute atomic E-state index is 11.2. The van der Waals surface area contributed by atoms with Gasteiger partial charge < -0.3 is 4.42 Å². The van der Waals surface area contributed by atoms with Crippen molar-refractivity contribution >= 4 is 10.0 Å². The highest BCUT2D eigenvalue weighted by Gasteiger charge is 2.11. The van der Waals surface area contributed by atoms with E-state index in [0.29, 0.717) is 11.7 Å². The van der Waals surface area contributed by atoms with Crippen LogP contribution in [-0.2, 0) is 10.0 Å². The molecule has 1 aromatic heterocycles. The smallest absolute Gasteiger partial charge is 0.238 e. The van der Waals surface area contributed by atoms with Crippen molar-refractivity contribution < 1.29 is 12.8 Å². The minimum absolute atomic E-state index is 0.0639. The van der Waals surface area contributed by atoms with E-state index in [4.69, 9.17) is 9.56 Å². The van der Waals surface area contributed by atoms with Crippen LogP contribution in [0.3, 0.4) is 0 Å². The molecule has 0 aliphatic heterocycles. The van der Waals surface area contributed by atoms with Crippen molar-refractivity contribution in [2.45, 2.75) is 4.90 Å². The number of hydrogen-bond donors (Lipinski definition) is 1. The highest BCUT2D eigenvalue weighted by atomic mass is 32.2. The third-order valence-electron chi connectivity index (χ3n) is 2.99. The molecule has 0 bridgehead atoms. The average molecular weight is 300 g/mol. The van der Waals surface area contributed by atoms with Crippen molar-refractivity contribution in [3.05, 3.63) is 60.8 Å². The van der Waals surface area contributed by atoms with Crippen LogP contribution in [0.2, 0.25) is 0 Å². The lowest BCUT2D eigenvalue weighted by Crippen LogP contribution is -2.11. The fourth-order valence-corrected chi connectivity index (χ4v) is 2.45. The molecule has 0 aliphatic rings. The number of rotatable bonds is 3. The van der Waals surface area contributed by atoms with E-state index in [9.17, 15) is 8.42 Å². The molecule has 0 radical (unpaired) electrons. The van der Waals surface area contributed by atoms with Crippen molar-refractivity contribution in [3.8, 4) is 22.8 Å². The molecular formula is C15H12N2O3S. The standard InChI is InChI=1S/C15H12N2O3S/c16-21(18,19)13-8-6-11(7-9-13)14-10-17-15(20-14)12-4-2-1-3-5-12/h1-10H,(H2,16,18,19). The van der Waals surface area contributed by atoms with Crippen LogP contribution in [0.5, 0.6) is 0 Å². The van der Waals surface area contributed by atoms with Crippen LogP contribution < -0.4 is 5.14 Å². The molecule has 21 heavy (non-hydrogen) atoms. The molecule has 3 aromatic rings. The zero-order valence-corrected chi connectivity index (χ0v) is 11.7. The van der Waals surface area contributed by atoms with Crippen molar-refractivity contribution in [1.82, 2.24) is 4.98 Å². The number of oxazole rings is 1. The molecule has 0 saturated heterocycles. The van der Waals surface area contributed by atoms with E-state index in [2.05, 4.69) is 4.98 Å². The Bertz CT molecular complexity index is 853. The summed E-state index contributed by atoms with van der Waals surface area (Å²) in [6.45, 7) is 0. The average Bonchev–Trinajstić information content (AvgIpc) is 2.97. The van der Waals surface area contributed by atoms with Gasteiger partial charge in [0.1, 0.15) is 0 Å². The largest absolute Gasteiger partial charge is 0.436 e. The number of nitrogens with zero attached hydrogens (tertiary/aromatic N) is 1. The summed E-state index contributed by atoms with van der Waals surface area (Å²) in [4.78, 5) is 4.29. The third kappa shape index (κ3) is 2.86.